The van der Waals surface area contributed by atoms with Gasteiger partial charge in [0.25, 0.3) is 23.6 Å². The van der Waals surface area contributed by atoms with E-state index < -0.39 is 71.9 Å². The number of unbranched alkanes of at least 4 members (excludes halogenated alkanes) is 3. The van der Waals surface area contributed by atoms with Crippen LogP contribution < -0.4 is 54.9 Å². The van der Waals surface area contributed by atoms with E-state index in [2.05, 4.69) is 27.3 Å². The number of para-hydroxylation sites is 2. The molecular weight excluding hydrogens is 1150 g/mol. The zero-order valence-corrected chi connectivity index (χ0v) is 50.2. The van der Waals surface area contributed by atoms with Gasteiger partial charge in [-0.2, -0.15) is 0 Å². The van der Waals surface area contributed by atoms with Gasteiger partial charge in [-0.25, -0.2) is 14.5 Å². The van der Waals surface area contributed by atoms with Crippen molar-refractivity contribution >= 4 is 81.8 Å². The number of aliphatic hydroxyl groups excluding tert-OH is 1. The maximum Gasteiger partial charge on any atom is 0.416 e. The van der Waals surface area contributed by atoms with Gasteiger partial charge in [-0.05, 0) is 111 Å². The summed E-state index contributed by atoms with van der Waals surface area (Å²) in [5.74, 6) is -3.06. The van der Waals surface area contributed by atoms with Crippen LogP contribution in [0.4, 0.5) is 33.2 Å². The first-order chi connectivity index (χ1) is 42.9. The minimum absolute atomic E-state index is 0.0166. The highest BCUT2D eigenvalue weighted by Gasteiger charge is 2.48. The van der Waals surface area contributed by atoms with E-state index >= 15 is 0 Å². The summed E-state index contributed by atoms with van der Waals surface area (Å²) in [7, 11) is 2.99. The molecule has 0 spiro atoms. The highest BCUT2D eigenvalue weighted by molar-refractivity contribution is 6.15. The topological polar surface area (TPSA) is 290 Å². The largest absolute Gasteiger partial charge is 0.493 e. The number of benzene rings is 5. The third-order valence-electron chi connectivity index (χ3n) is 16.3. The number of nitrogens with one attached hydrogen (secondary N) is 4. The van der Waals surface area contributed by atoms with E-state index in [0.29, 0.717) is 77.2 Å². The number of hydrogen-bond donors (Lipinski definition) is 5. The molecule has 1 fully saturated rings. The highest BCUT2D eigenvalue weighted by atomic mass is 16.7. The SMILES string of the molecule is COc1cc2c(cc1OCCCCCOc1cc3c(cc1OC)C(=O)N1c4ccccc4C[C@H]1C(O)N3C(=O)OCc1ccc(NC(=O)[C@H](C)NC(=O)[C@@H](NC(=O)CCCCC(=O)ON3C(=O)CCC3=O)C(C)C)cc1)NC[C@@H]1Cc3ccccc3N1C2=O. The van der Waals surface area contributed by atoms with Gasteiger partial charge in [0.2, 0.25) is 17.7 Å². The maximum absolute atomic E-state index is 14.7. The summed E-state index contributed by atoms with van der Waals surface area (Å²) in [6.07, 6.45) is 0.701. The Hall–Kier alpha value is -9.71. The van der Waals surface area contributed by atoms with Crippen molar-refractivity contribution in [2.45, 2.75) is 128 Å². The molecule has 0 radical (unpaired) electrons. The first-order valence-corrected chi connectivity index (χ1v) is 29.9. The Balaban J connectivity index is 0.726. The van der Waals surface area contributed by atoms with Crippen LogP contribution >= 0.6 is 0 Å². The zero-order valence-electron chi connectivity index (χ0n) is 50.2. The fourth-order valence-corrected chi connectivity index (χ4v) is 11.6. The Bertz CT molecular complexity index is 3540. The molecule has 24 nitrogen and oxygen atoms in total. The van der Waals surface area contributed by atoms with Crippen molar-refractivity contribution in [1.82, 2.24) is 15.7 Å². The molecule has 5 N–H and O–H groups in total. The lowest BCUT2D eigenvalue weighted by atomic mass is 10.0. The lowest BCUT2D eigenvalue weighted by molar-refractivity contribution is -0.197. The molecule has 24 heteroatoms. The Morgan fingerprint density at radius 3 is 1.92 bits per heavy atom. The fraction of sp³-hybridized carbons (Fsp3) is 0.400. The second-order valence-electron chi connectivity index (χ2n) is 22.7. The predicted molar refractivity (Wildman–Crippen MR) is 325 cm³/mol. The molecule has 5 aliphatic heterocycles. The second kappa shape index (κ2) is 27.6. The van der Waals surface area contributed by atoms with E-state index in [1.807, 2.05) is 41.3 Å². The molecule has 0 aliphatic carbocycles. The number of imide groups is 1. The first-order valence-electron chi connectivity index (χ1n) is 29.9. The summed E-state index contributed by atoms with van der Waals surface area (Å²) >= 11 is 0. The lowest BCUT2D eigenvalue weighted by Gasteiger charge is -2.32. The normalized spacial score (nSPS) is 17.8. The van der Waals surface area contributed by atoms with Crippen molar-refractivity contribution in [3.63, 3.8) is 0 Å². The number of hydrogen-bond acceptors (Lipinski definition) is 17. The highest BCUT2D eigenvalue weighted by Crippen LogP contribution is 2.45. The number of anilines is 5. The van der Waals surface area contributed by atoms with Gasteiger partial charge in [0.1, 0.15) is 18.7 Å². The monoisotopic (exact) mass is 1220 g/mol. The molecule has 1 saturated heterocycles. The van der Waals surface area contributed by atoms with E-state index in [9.17, 15) is 48.3 Å². The summed E-state index contributed by atoms with van der Waals surface area (Å²) in [4.78, 5) is 127. The molecule has 5 heterocycles. The molecule has 0 saturated carbocycles. The Labute approximate surface area is 514 Å². The van der Waals surface area contributed by atoms with E-state index in [1.165, 1.54) is 31.1 Å². The fourth-order valence-electron chi connectivity index (χ4n) is 11.6. The summed E-state index contributed by atoms with van der Waals surface area (Å²) in [6.45, 7) is 5.84. The molecule has 0 bridgehead atoms. The summed E-state index contributed by atoms with van der Waals surface area (Å²) in [5.41, 5.74) is 5.65. The lowest BCUT2D eigenvalue weighted by Crippen LogP contribution is -2.53. The van der Waals surface area contributed by atoms with Crippen LogP contribution in [0.1, 0.15) is 116 Å². The summed E-state index contributed by atoms with van der Waals surface area (Å²) < 4.78 is 29.8. The number of ether oxygens (including phenoxy) is 5. The predicted octanol–water partition coefficient (Wildman–Crippen LogP) is 7.13. The standard InChI is InChI=1S/C65H72N8O16/c1-37(2)59(69-55(74)19-11-12-20-58(77)89-73-56(75)25-26-57(73)76)61(79)67-38(3)60(78)68-42-23-21-39(22-24-42)36-88-65(83)72-49-34-54(52(85-5)32-45(49)63(81)71-48-18-10-8-16-41(48)30-50(71)64(72)82)87-28-14-6-13-27-86-53-33-46-44(31-51(53)84-4)62(80)70-43(35-66-46)29-40-15-7-9-17-47(40)70/h7-10,15-18,21-24,31-34,37-38,43,50,59,64,66,82H,6,11-14,19-20,25-30,35-36H2,1-5H3,(H,67,79)(H,68,78)(H,69,74)/t38-,43-,50-,59-,64?/m0/s1. The molecule has 5 aromatic rings. The van der Waals surface area contributed by atoms with Crippen LogP contribution in [-0.4, -0.2) is 128 Å². The Morgan fingerprint density at radius 1 is 0.652 bits per heavy atom. The van der Waals surface area contributed by atoms with Gasteiger partial charge < -0.3 is 64.7 Å². The van der Waals surface area contributed by atoms with Crippen molar-refractivity contribution in [3.05, 3.63) is 125 Å². The molecule has 10 rings (SSSR count). The van der Waals surface area contributed by atoms with Crippen LogP contribution in [-0.2, 0) is 57.8 Å². The Morgan fingerprint density at radius 2 is 1.26 bits per heavy atom. The van der Waals surface area contributed by atoms with E-state index in [-0.39, 0.29) is 98.8 Å². The van der Waals surface area contributed by atoms with E-state index in [0.717, 1.165) is 28.1 Å². The molecule has 5 aliphatic rings. The molecule has 89 heavy (non-hydrogen) atoms. The van der Waals surface area contributed by atoms with Crippen LogP contribution in [0, 0.1) is 5.92 Å². The molecule has 5 aromatic carbocycles. The van der Waals surface area contributed by atoms with Gasteiger partial charge >= 0.3 is 12.1 Å². The minimum atomic E-state index is -1.57. The average molecular weight is 1220 g/mol. The van der Waals surface area contributed by atoms with Gasteiger partial charge in [0, 0.05) is 61.4 Å². The van der Waals surface area contributed by atoms with Crippen molar-refractivity contribution in [3.8, 4) is 23.0 Å². The van der Waals surface area contributed by atoms with Crippen LogP contribution in [0.15, 0.2) is 97.1 Å². The Kier molecular flexibility index (Phi) is 19.3. The van der Waals surface area contributed by atoms with Gasteiger partial charge in [-0.15, -0.1) is 5.06 Å². The number of methoxy groups -OCH3 is 2. The van der Waals surface area contributed by atoms with Gasteiger partial charge in [0.15, 0.2) is 29.2 Å². The number of carbonyl (C=O) groups excluding carboxylic acids is 9. The van der Waals surface area contributed by atoms with Gasteiger partial charge in [0.05, 0.1) is 62.0 Å². The number of amides is 8. The van der Waals surface area contributed by atoms with Crippen LogP contribution in [0.5, 0.6) is 23.0 Å². The quantitative estimate of drug-likeness (QED) is 0.0303. The molecule has 468 valence electrons. The second-order valence-corrected chi connectivity index (χ2v) is 22.7. The molecular formula is C65H72N8O16. The smallest absolute Gasteiger partial charge is 0.416 e. The third kappa shape index (κ3) is 13.7. The van der Waals surface area contributed by atoms with Gasteiger partial charge in [-0.1, -0.05) is 62.4 Å². The first kappa shape index (κ1) is 62.3. The van der Waals surface area contributed by atoms with E-state index in [1.54, 1.807) is 63.4 Å². The average Bonchev–Trinajstić information content (AvgIpc) is 2.25. The van der Waals surface area contributed by atoms with E-state index in [4.69, 9.17) is 28.5 Å². The number of rotatable bonds is 24. The number of fused-ring (bicyclic) bond motifs is 8. The minimum Gasteiger partial charge on any atom is -0.493 e. The van der Waals surface area contributed by atoms with Crippen LogP contribution in [0.25, 0.3) is 0 Å². The van der Waals surface area contributed by atoms with Crippen molar-refractivity contribution < 1.29 is 76.8 Å². The summed E-state index contributed by atoms with van der Waals surface area (Å²) in [6, 6.07) is 25.3. The van der Waals surface area contributed by atoms with Crippen molar-refractivity contribution in [1.29, 1.82) is 0 Å². The molecule has 1 unspecified atom stereocenters. The maximum atomic E-state index is 14.7. The molecule has 5 atom stereocenters. The number of carbonyl (C=O) groups is 9. The number of aliphatic hydroxyl groups is 1. The van der Waals surface area contributed by atoms with Gasteiger partial charge in [-0.3, -0.25) is 33.6 Å². The zero-order chi connectivity index (χ0) is 63.0. The molecule has 0 aromatic heterocycles. The third-order valence-corrected chi connectivity index (χ3v) is 16.3. The van der Waals surface area contributed by atoms with Crippen molar-refractivity contribution in [2.24, 2.45) is 5.92 Å². The number of nitrogens with zero attached hydrogens (tertiary/aromatic N) is 4. The van der Waals surface area contributed by atoms with Crippen LogP contribution in [0.2, 0.25) is 0 Å². The summed E-state index contributed by atoms with van der Waals surface area (Å²) in [5, 5.41) is 24.2. The number of hydroxylamine groups is 2. The van der Waals surface area contributed by atoms with Crippen molar-refractivity contribution in [2.75, 3.05) is 59.3 Å². The van der Waals surface area contributed by atoms with Crippen LogP contribution in [0.3, 0.4) is 0 Å². The molecule has 8 amide bonds.